The van der Waals surface area contributed by atoms with Crippen molar-refractivity contribution in [2.75, 3.05) is 0 Å². The fraction of sp³-hybridized carbons (Fsp3) is 0.273. The van der Waals surface area contributed by atoms with Gasteiger partial charge in [-0.2, -0.15) is 83.8 Å². The van der Waals surface area contributed by atoms with Crippen LogP contribution in [0.4, 0.5) is 92.2 Å². The summed E-state index contributed by atoms with van der Waals surface area (Å²) >= 11 is 25.8. The third-order valence-electron chi connectivity index (χ3n) is 15.7. The Morgan fingerprint density at radius 1 is 0.426 bits per heavy atom. The van der Waals surface area contributed by atoms with Gasteiger partial charge in [-0.05, 0) is 198 Å². The van der Waals surface area contributed by atoms with Crippen molar-refractivity contribution in [1.29, 1.82) is 0 Å². The summed E-state index contributed by atoms with van der Waals surface area (Å²) in [6, 6.07) is 24.2. The minimum atomic E-state index is -6.22. The highest BCUT2D eigenvalue weighted by Gasteiger charge is 2.75. The van der Waals surface area contributed by atoms with Crippen molar-refractivity contribution in [1.82, 2.24) is 9.97 Å². The summed E-state index contributed by atoms with van der Waals surface area (Å²) in [6.07, 6.45) is -35.4. The SMILES string of the molecule is Cc1cc(C(F)(C(F)(F)F)C(F)(F)F)cc(C)c1CC(=O)c1ccc2c(ccc[n+]2[O-])c1.Cc1cc(C(F)(C(F)(F)F)C(F)(F)F)cc(C)c1CC(=O)c1ccc2nc(Cl)ccc2c1.Cc1cc(C(F)(C(F)(F)F)C(F)(F)F)cc(C)c1CC(=O)c1ccc2nccc(Cl)c2c1.O=P(Cl)(Cl)Cl. The van der Waals surface area contributed by atoms with Gasteiger partial charge in [0.15, 0.2) is 23.5 Å². The maximum absolute atomic E-state index is 14.4. The van der Waals surface area contributed by atoms with Crippen LogP contribution in [0.5, 0.6) is 0 Å². The zero-order valence-electron chi connectivity index (χ0n) is 52.0. The second-order valence-corrected chi connectivity index (χ2v) is 30.0. The van der Waals surface area contributed by atoms with E-state index in [1.807, 2.05) is 0 Å². The minimum absolute atomic E-state index is 0.0573. The number of aromatic nitrogens is 3. The predicted octanol–water partition coefficient (Wildman–Crippen LogP) is 23.1. The van der Waals surface area contributed by atoms with Crippen LogP contribution >= 0.6 is 62.1 Å². The number of benzene rings is 6. The number of alkyl halides is 21. The topological polar surface area (TPSA) is 121 Å². The monoisotopic (exact) mass is 1570 g/mol. The Bertz CT molecular complexity index is 4580. The molecule has 101 heavy (non-hydrogen) atoms. The number of ketones is 3. The van der Waals surface area contributed by atoms with Gasteiger partial charge in [0.05, 0.1) is 16.1 Å². The molecule has 0 aliphatic carbocycles. The second kappa shape index (κ2) is 30.1. The van der Waals surface area contributed by atoms with Gasteiger partial charge >= 0.3 is 59.3 Å². The number of rotatable bonds is 12. The Morgan fingerprint density at radius 3 is 1.09 bits per heavy atom. The molecule has 0 aliphatic heterocycles. The van der Waals surface area contributed by atoms with Gasteiger partial charge in [-0.25, -0.2) is 18.2 Å². The van der Waals surface area contributed by atoms with E-state index < -0.39 is 93.3 Å². The predicted molar refractivity (Wildman–Crippen MR) is 338 cm³/mol. The third-order valence-corrected chi connectivity index (χ3v) is 16.2. The first kappa shape index (κ1) is 82.5. The van der Waals surface area contributed by atoms with Gasteiger partial charge in [0.25, 0.3) is 0 Å². The highest BCUT2D eigenvalue weighted by molar-refractivity contribution is 8.24. The Hall–Kier alpha value is -7.43. The number of halogens is 26. The number of carbonyl (C=O) groups is 3. The largest absolute Gasteiger partial charge is 0.618 e. The molecule has 6 aromatic carbocycles. The molecule has 0 amide bonds. The highest BCUT2D eigenvalue weighted by atomic mass is 36.0. The molecule has 0 unspecified atom stereocenters. The van der Waals surface area contributed by atoms with Gasteiger partial charge in [0.2, 0.25) is 5.52 Å². The smallest absolute Gasteiger partial charge is 0.435 e. The number of aryl methyl sites for hydroxylation is 6. The minimum Gasteiger partial charge on any atom is -0.618 e. The van der Waals surface area contributed by atoms with Crippen LogP contribution in [0.3, 0.4) is 0 Å². The van der Waals surface area contributed by atoms with Gasteiger partial charge < -0.3 is 5.21 Å². The molecule has 0 saturated heterocycles. The molecule has 3 aromatic heterocycles. The molecule has 0 aliphatic rings. The quantitative estimate of drug-likeness (QED) is 0.0298. The van der Waals surface area contributed by atoms with Crippen LogP contribution in [0.25, 0.3) is 32.7 Å². The first-order chi connectivity index (χ1) is 46.0. The maximum atomic E-state index is 14.4. The molecule has 0 atom stereocenters. The number of nitrogens with zero attached hydrogens (tertiary/aromatic N) is 3. The summed E-state index contributed by atoms with van der Waals surface area (Å²) in [7, 11) is 0. The van der Waals surface area contributed by atoms with E-state index in [4.69, 9.17) is 23.2 Å². The zero-order chi connectivity index (χ0) is 76.7. The molecule has 35 heteroatoms. The number of hydrogen-bond acceptors (Lipinski definition) is 7. The van der Waals surface area contributed by atoms with Crippen LogP contribution in [0.2, 0.25) is 10.2 Å². The van der Waals surface area contributed by atoms with Crippen molar-refractivity contribution in [2.45, 2.75) is 115 Å². The third kappa shape index (κ3) is 18.1. The molecular weight excluding hydrogens is 1520 g/mol. The molecule has 0 spiro atoms. The standard InChI is InChI=1S/2C22H15ClF7NO.C22H16F7NO2.Cl3OP/c1-11-7-15(20(24,21(25,26)27)22(28,29)30)8-12(2)16(11)10-18(32)14-3-5-17-13(9-14)4-6-19(23)31-17;1-11-7-14(20(24,21(25,26)27)22(28,29)30)8-12(2)15(11)10-19(32)13-3-4-18-16(9-13)17(23)5-6-31-18;1-12-8-16(20(23,21(24,25)26)22(27,28)29)9-13(2)17(12)11-19(31)15-5-6-18-14(10-15)4-3-7-30(18)32;1-5(2,3)4/h2*3-9H,10H2,1-2H3;3-10H,11H2,1-2H3;. The summed E-state index contributed by atoms with van der Waals surface area (Å²) in [5.74, 6) is -1.33. The average Bonchev–Trinajstić information content (AvgIpc) is 0.750. The van der Waals surface area contributed by atoms with E-state index >= 15 is 0 Å². The molecule has 0 radical (unpaired) electrons. The number of carbonyl (C=O) groups excluding carboxylic acids is 3. The van der Waals surface area contributed by atoms with Gasteiger partial charge in [-0.15, -0.1) is 0 Å². The lowest BCUT2D eigenvalue weighted by Crippen LogP contribution is -2.50. The molecule has 0 N–H and O–H groups in total. The second-order valence-electron chi connectivity index (χ2n) is 22.6. The zero-order valence-corrected chi connectivity index (χ0v) is 56.7. The lowest BCUT2D eigenvalue weighted by Gasteiger charge is -2.31. The van der Waals surface area contributed by atoms with Gasteiger partial charge in [0, 0.05) is 87.1 Å². The number of hydrogen-bond donors (Lipinski definition) is 0. The first-order valence-corrected chi connectivity index (χ1v) is 33.5. The van der Waals surface area contributed by atoms with Crippen molar-refractivity contribution < 1.29 is 116 Å². The summed E-state index contributed by atoms with van der Waals surface area (Å²) in [4.78, 5) is 46.5. The Morgan fingerprint density at radius 2 is 0.743 bits per heavy atom. The van der Waals surface area contributed by atoms with Crippen LogP contribution in [-0.2, 0) is 40.8 Å². The van der Waals surface area contributed by atoms with Crippen LogP contribution in [0, 0.1) is 46.7 Å². The Kier molecular flexibility index (Phi) is 24.6. The normalized spacial score (nSPS) is 12.9. The highest BCUT2D eigenvalue weighted by Crippen LogP contribution is 2.61. The number of Topliss-reactive ketones (excluding diaryl/α,β-unsaturated/α-hetero) is 3. The van der Waals surface area contributed by atoms with E-state index in [0.29, 0.717) is 78.9 Å². The van der Waals surface area contributed by atoms with Crippen LogP contribution in [0.15, 0.2) is 134 Å². The summed E-state index contributed by atoms with van der Waals surface area (Å²) in [5.41, 5.74) is -19.0. The van der Waals surface area contributed by atoms with Crippen molar-refractivity contribution in [2.24, 2.45) is 0 Å². The van der Waals surface area contributed by atoms with E-state index in [1.165, 1.54) is 109 Å². The van der Waals surface area contributed by atoms with Gasteiger partial charge in [-0.1, -0.05) is 59.6 Å². The van der Waals surface area contributed by atoms with E-state index in [9.17, 15) is 116 Å². The lowest BCUT2D eigenvalue weighted by molar-refractivity contribution is -0.577. The van der Waals surface area contributed by atoms with Crippen molar-refractivity contribution >= 4 is 112 Å². The molecule has 3 heterocycles. The fourth-order valence-electron chi connectivity index (χ4n) is 10.6. The molecule has 0 fully saturated rings. The molecular formula is C66H46Cl5F21N3O5P. The molecule has 9 aromatic rings. The molecule has 542 valence electrons. The molecule has 8 nitrogen and oxygen atoms in total. The van der Waals surface area contributed by atoms with E-state index in [0.717, 1.165) is 0 Å². The average molecular weight is 1570 g/mol. The van der Waals surface area contributed by atoms with Crippen LogP contribution in [-0.4, -0.2) is 64.4 Å². The van der Waals surface area contributed by atoms with Gasteiger partial charge in [-0.3, -0.25) is 23.9 Å². The number of pyridine rings is 3. The maximum Gasteiger partial charge on any atom is 0.435 e. The van der Waals surface area contributed by atoms with Crippen LogP contribution in [0.1, 0.15) is 97.8 Å². The van der Waals surface area contributed by atoms with Crippen molar-refractivity contribution in [3.05, 3.63) is 233 Å². The van der Waals surface area contributed by atoms with Crippen molar-refractivity contribution in [3.8, 4) is 0 Å². The van der Waals surface area contributed by atoms with E-state index in [2.05, 4.69) is 43.7 Å². The van der Waals surface area contributed by atoms with Crippen molar-refractivity contribution in [3.63, 3.8) is 0 Å². The van der Waals surface area contributed by atoms with Crippen LogP contribution < -0.4 is 4.73 Å². The summed E-state index contributed by atoms with van der Waals surface area (Å²) < 4.78 is 289. The molecule has 0 bridgehead atoms. The summed E-state index contributed by atoms with van der Waals surface area (Å²) in [5, 5.41) is 10.8. The first-order valence-electron chi connectivity index (χ1n) is 28.3. The van der Waals surface area contributed by atoms with Gasteiger partial charge in [0.1, 0.15) is 5.15 Å². The fourth-order valence-corrected chi connectivity index (χ4v) is 11.0. The van der Waals surface area contributed by atoms with E-state index in [1.54, 1.807) is 30.3 Å². The Labute approximate surface area is 582 Å². The summed E-state index contributed by atoms with van der Waals surface area (Å²) in [6.45, 7) is 7.36. The molecule has 0 saturated carbocycles. The Balaban J connectivity index is 0.000000230. The lowest BCUT2D eigenvalue weighted by atomic mass is 9.87. The molecule has 9 rings (SSSR count). The number of fused-ring (bicyclic) bond motifs is 3. The van der Waals surface area contributed by atoms with E-state index in [-0.39, 0.29) is 91.2 Å².